The number of nitrogens with one attached hydrogen (secondary N) is 1. The van der Waals surface area contributed by atoms with Crippen molar-refractivity contribution in [2.75, 3.05) is 42.3 Å². The Kier molecular flexibility index (Phi) is 5.85. The van der Waals surface area contributed by atoms with Crippen LogP contribution in [0.1, 0.15) is 48.7 Å². The summed E-state index contributed by atoms with van der Waals surface area (Å²) in [5, 5.41) is 2.85. The molecular formula is C24H29ClN4O4S. The molecule has 1 aromatic carbocycles. The van der Waals surface area contributed by atoms with Crippen molar-refractivity contribution in [1.82, 2.24) is 9.97 Å². The Bertz CT molecular complexity index is 1210. The van der Waals surface area contributed by atoms with E-state index in [1.807, 2.05) is 6.92 Å². The summed E-state index contributed by atoms with van der Waals surface area (Å²) in [6, 6.07) is 6.44. The Morgan fingerprint density at radius 1 is 1.15 bits per heavy atom. The monoisotopic (exact) mass is 504 g/mol. The molecule has 0 atom stereocenters. The number of sulfone groups is 1. The molecule has 1 saturated carbocycles. The van der Waals surface area contributed by atoms with Gasteiger partial charge in [0.1, 0.15) is 5.82 Å². The first-order valence-electron chi connectivity index (χ1n) is 11.6. The van der Waals surface area contributed by atoms with Crippen LogP contribution in [-0.4, -0.2) is 56.3 Å². The zero-order valence-corrected chi connectivity index (χ0v) is 21.0. The lowest BCUT2D eigenvalue weighted by Crippen LogP contribution is -2.45. The minimum absolute atomic E-state index is 0.0206. The number of hydrogen-bond donors (Lipinski definition) is 1. The number of carbonyl (C=O) groups excluding carboxylic acids is 1. The van der Waals surface area contributed by atoms with E-state index < -0.39 is 9.84 Å². The topological polar surface area (TPSA) is 101 Å². The number of halogens is 1. The number of carbonyl (C=O) groups is 1. The summed E-state index contributed by atoms with van der Waals surface area (Å²) >= 11 is 5.95. The van der Waals surface area contributed by atoms with Crippen LogP contribution < -0.4 is 10.2 Å². The van der Waals surface area contributed by atoms with E-state index in [9.17, 15) is 13.2 Å². The van der Waals surface area contributed by atoms with Crippen molar-refractivity contribution in [2.24, 2.45) is 10.8 Å². The molecule has 1 aliphatic carbocycles. The van der Waals surface area contributed by atoms with Crippen LogP contribution in [0.2, 0.25) is 5.28 Å². The molecule has 3 fully saturated rings. The fraction of sp³-hybridized carbons (Fsp3) is 0.542. The van der Waals surface area contributed by atoms with Gasteiger partial charge in [-0.15, -0.1) is 0 Å². The second kappa shape index (κ2) is 8.46. The van der Waals surface area contributed by atoms with Crippen molar-refractivity contribution in [2.45, 2.75) is 44.4 Å². The Balaban J connectivity index is 1.46. The number of aromatic nitrogens is 2. The highest BCUT2D eigenvalue weighted by molar-refractivity contribution is 7.91. The lowest BCUT2D eigenvalue weighted by molar-refractivity contribution is -0.0870. The third-order valence-electron chi connectivity index (χ3n) is 7.20. The summed E-state index contributed by atoms with van der Waals surface area (Å²) in [6.07, 6.45) is 4.64. The fourth-order valence-corrected chi connectivity index (χ4v) is 6.96. The highest BCUT2D eigenvalue weighted by Crippen LogP contribution is 2.54. The molecule has 0 bridgehead atoms. The van der Waals surface area contributed by atoms with Gasteiger partial charge in [-0.2, -0.15) is 0 Å². The summed E-state index contributed by atoms with van der Waals surface area (Å²) in [5.41, 5.74) is 1.77. The van der Waals surface area contributed by atoms with Crippen LogP contribution in [0, 0.1) is 17.8 Å². The molecule has 3 aliphatic rings. The van der Waals surface area contributed by atoms with Crippen LogP contribution in [0.4, 0.5) is 11.5 Å². The van der Waals surface area contributed by atoms with Gasteiger partial charge in [0.2, 0.25) is 5.28 Å². The number of piperidine rings is 1. The maximum Gasteiger partial charge on any atom is 0.258 e. The predicted octanol–water partition coefficient (Wildman–Crippen LogP) is 3.88. The van der Waals surface area contributed by atoms with E-state index in [2.05, 4.69) is 20.2 Å². The second-order valence-corrected chi connectivity index (χ2v) is 12.7. The van der Waals surface area contributed by atoms with Gasteiger partial charge in [0, 0.05) is 30.3 Å². The molecule has 1 spiro atoms. The van der Waals surface area contributed by atoms with Gasteiger partial charge in [-0.25, -0.2) is 18.4 Å². The number of rotatable bonds is 6. The Labute approximate surface area is 205 Å². The summed E-state index contributed by atoms with van der Waals surface area (Å²) in [6.45, 7) is 6.17. The summed E-state index contributed by atoms with van der Waals surface area (Å²) in [7, 11) is -3.54. The normalized spacial score (nSPS) is 20.6. The van der Waals surface area contributed by atoms with E-state index in [-0.39, 0.29) is 27.3 Å². The first-order valence-corrected chi connectivity index (χ1v) is 13.6. The van der Waals surface area contributed by atoms with E-state index in [0.717, 1.165) is 25.9 Å². The first kappa shape index (κ1) is 23.5. The number of benzene rings is 1. The van der Waals surface area contributed by atoms with Crippen molar-refractivity contribution in [3.8, 4) is 0 Å². The maximum atomic E-state index is 13.3. The molecule has 5 rings (SSSR count). The molecule has 0 radical (unpaired) electrons. The summed E-state index contributed by atoms with van der Waals surface area (Å²) in [5.74, 6) is -0.0369. The third kappa shape index (κ3) is 4.78. The minimum atomic E-state index is -3.54. The Morgan fingerprint density at radius 3 is 2.44 bits per heavy atom. The molecule has 3 heterocycles. The molecule has 182 valence electrons. The van der Waals surface area contributed by atoms with Gasteiger partial charge >= 0.3 is 0 Å². The third-order valence-corrected chi connectivity index (χ3v) is 9.42. The quantitative estimate of drug-likeness (QED) is 0.595. The minimum Gasteiger partial charge on any atom is -0.380 e. The van der Waals surface area contributed by atoms with Gasteiger partial charge in [-0.3, -0.25) is 4.79 Å². The van der Waals surface area contributed by atoms with Crippen LogP contribution in [0.15, 0.2) is 29.2 Å². The van der Waals surface area contributed by atoms with Gasteiger partial charge in [0.15, 0.2) is 9.84 Å². The number of hydrogen-bond acceptors (Lipinski definition) is 7. The average molecular weight is 505 g/mol. The molecule has 1 N–H and O–H groups in total. The van der Waals surface area contributed by atoms with Gasteiger partial charge in [0.05, 0.1) is 35.1 Å². The summed E-state index contributed by atoms with van der Waals surface area (Å²) in [4.78, 5) is 23.8. The average Bonchev–Trinajstić information content (AvgIpc) is 3.50. The van der Waals surface area contributed by atoms with Crippen LogP contribution in [0.5, 0.6) is 0 Å². The molecular weight excluding hydrogens is 476 g/mol. The highest BCUT2D eigenvalue weighted by atomic mass is 35.5. The van der Waals surface area contributed by atoms with E-state index in [1.54, 1.807) is 25.1 Å². The van der Waals surface area contributed by atoms with Crippen LogP contribution in [0.3, 0.4) is 0 Å². The molecule has 1 amide bonds. The number of aryl methyl sites for hydroxylation is 1. The number of anilines is 2. The molecule has 1 aromatic heterocycles. The standard InChI is InChI=1S/C24H29ClN4O4S/c1-16-11-20(28-22(25)26-16)27-21(30)18-4-3-17(34(31,32)15-23(2)13-33-14-23)12-19(18)29-9-7-24(5-6-24)8-10-29/h3-4,11-12H,5-10,13-15H2,1-2H3,(H,26,27,28,30). The first-order chi connectivity index (χ1) is 16.1. The molecule has 34 heavy (non-hydrogen) atoms. The Hall–Kier alpha value is -2.23. The molecule has 0 unspecified atom stereocenters. The zero-order valence-electron chi connectivity index (χ0n) is 19.4. The lowest BCUT2D eigenvalue weighted by atomic mass is 9.92. The van der Waals surface area contributed by atoms with Gasteiger partial charge < -0.3 is 15.0 Å². The van der Waals surface area contributed by atoms with Gasteiger partial charge in [-0.1, -0.05) is 6.92 Å². The van der Waals surface area contributed by atoms with Crippen molar-refractivity contribution in [3.05, 3.63) is 40.8 Å². The molecule has 10 heteroatoms. The second-order valence-electron chi connectivity index (χ2n) is 10.3. The van der Waals surface area contributed by atoms with Crippen LogP contribution in [0.25, 0.3) is 0 Å². The largest absolute Gasteiger partial charge is 0.380 e. The summed E-state index contributed by atoms with van der Waals surface area (Å²) < 4.78 is 31.7. The van der Waals surface area contributed by atoms with Crippen molar-refractivity contribution < 1.29 is 17.9 Å². The van der Waals surface area contributed by atoms with Crippen LogP contribution in [-0.2, 0) is 14.6 Å². The maximum absolute atomic E-state index is 13.3. The number of ether oxygens (including phenoxy) is 1. The fourth-order valence-electron chi connectivity index (χ4n) is 4.91. The number of nitrogens with zero attached hydrogens (tertiary/aromatic N) is 3. The highest BCUT2D eigenvalue weighted by Gasteiger charge is 2.45. The number of amides is 1. The van der Waals surface area contributed by atoms with Gasteiger partial charge in [-0.05, 0) is 67.8 Å². The Morgan fingerprint density at radius 2 is 1.85 bits per heavy atom. The molecule has 2 saturated heterocycles. The van der Waals surface area contributed by atoms with E-state index in [4.69, 9.17) is 16.3 Å². The van der Waals surface area contributed by atoms with Gasteiger partial charge in [0.25, 0.3) is 5.91 Å². The van der Waals surface area contributed by atoms with Crippen molar-refractivity contribution in [3.63, 3.8) is 0 Å². The van der Waals surface area contributed by atoms with Crippen LogP contribution >= 0.6 is 11.6 Å². The van der Waals surface area contributed by atoms with E-state index >= 15 is 0 Å². The molecule has 2 aliphatic heterocycles. The molecule has 2 aromatic rings. The van der Waals surface area contributed by atoms with E-state index in [0.29, 0.717) is 41.4 Å². The molecule has 8 nitrogen and oxygen atoms in total. The van der Waals surface area contributed by atoms with Crippen molar-refractivity contribution >= 4 is 38.9 Å². The zero-order chi connectivity index (χ0) is 24.1. The van der Waals surface area contributed by atoms with Crippen molar-refractivity contribution in [1.29, 1.82) is 0 Å². The lowest BCUT2D eigenvalue weighted by Gasteiger charge is -2.38. The smallest absolute Gasteiger partial charge is 0.258 e. The predicted molar refractivity (Wildman–Crippen MR) is 130 cm³/mol. The SMILES string of the molecule is Cc1cc(NC(=O)c2ccc(S(=O)(=O)CC3(C)COC3)cc2N2CCC3(CC2)CC3)nc(Cl)n1. The van der Waals surface area contributed by atoms with E-state index in [1.165, 1.54) is 18.9 Å².